The fourth-order valence-electron chi connectivity index (χ4n) is 1.18. The third-order valence-electron chi connectivity index (χ3n) is 1.55. The summed E-state index contributed by atoms with van der Waals surface area (Å²) in [5, 5.41) is 0. The SMILES string of the molecule is C=C(C)O[C@H](C)C[C@@H](C)OC(=O)C=[N+]=[N-]. The number of ether oxygens (including phenoxy) is 2. The lowest BCUT2D eigenvalue weighted by Crippen LogP contribution is -2.21. The zero-order valence-corrected chi connectivity index (χ0v) is 9.27. The summed E-state index contributed by atoms with van der Waals surface area (Å²) in [4.78, 5) is 13.4. The number of hydrogen-bond donors (Lipinski definition) is 0. The van der Waals surface area contributed by atoms with E-state index in [2.05, 4.69) is 11.4 Å². The van der Waals surface area contributed by atoms with Gasteiger partial charge in [-0.1, -0.05) is 6.58 Å². The Hall–Kier alpha value is -1.61. The van der Waals surface area contributed by atoms with Gasteiger partial charge in [0.1, 0.15) is 6.10 Å². The van der Waals surface area contributed by atoms with Crippen LogP contribution < -0.4 is 0 Å². The van der Waals surface area contributed by atoms with Gasteiger partial charge < -0.3 is 15.0 Å². The summed E-state index contributed by atoms with van der Waals surface area (Å²) in [7, 11) is 0. The summed E-state index contributed by atoms with van der Waals surface area (Å²) in [6.07, 6.45) is 0.889. The molecule has 5 heteroatoms. The van der Waals surface area contributed by atoms with Crippen molar-refractivity contribution >= 4 is 12.2 Å². The van der Waals surface area contributed by atoms with Gasteiger partial charge in [-0.2, -0.15) is 4.79 Å². The van der Waals surface area contributed by atoms with Gasteiger partial charge in [0.15, 0.2) is 0 Å². The molecule has 0 N–H and O–H groups in total. The van der Waals surface area contributed by atoms with E-state index in [4.69, 9.17) is 15.0 Å². The summed E-state index contributed by atoms with van der Waals surface area (Å²) in [5.41, 5.74) is 8.08. The molecular weight excluding hydrogens is 196 g/mol. The van der Waals surface area contributed by atoms with E-state index in [1.807, 2.05) is 6.92 Å². The molecule has 0 aromatic heterocycles. The molecular formula is C10H16N2O3. The monoisotopic (exact) mass is 212 g/mol. The van der Waals surface area contributed by atoms with Crippen LogP contribution in [0, 0.1) is 0 Å². The Bertz CT molecular complexity index is 282. The number of esters is 1. The molecule has 0 bridgehead atoms. The lowest BCUT2D eigenvalue weighted by Gasteiger charge is -2.18. The number of nitrogens with zero attached hydrogens (tertiary/aromatic N) is 2. The van der Waals surface area contributed by atoms with Gasteiger partial charge in [0.05, 0.1) is 11.9 Å². The average molecular weight is 212 g/mol. The van der Waals surface area contributed by atoms with Gasteiger partial charge in [0, 0.05) is 6.42 Å². The largest absolute Gasteiger partial charge is 0.496 e. The maximum Gasteiger partial charge on any atom is 0.413 e. The van der Waals surface area contributed by atoms with E-state index in [0.717, 1.165) is 0 Å². The van der Waals surface area contributed by atoms with Gasteiger partial charge in [-0.25, -0.2) is 4.79 Å². The van der Waals surface area contributed by atoms with E-state index in [-0.39, 0.29) is 12.2 Å². The molecule has 0 heterocycles. The van der Waals surface area contributed by atoms with Crippen LogP contribution in [0.25, 0.3) is 5.53 Å². The summed E-state index contributed by atoms with van der Waals surface area (Å²) >= 11 is 0. The third-order valence-corrected chi connectivity index (χ3v) is 1.55. The van der Waals surface area contributed by atoms with Crippen molar-refractivity contribution in [1.82, 2.24) is 0 Å². The first kappa shape index (κ1) is 13.4. The average Bonchev–Trinajstić information content (AvgIpc) is 2.00. The van der Waals surface area contributed by atoms with Gasteiger partial charge in [-0.3, -0.25) is 0 Å². The second-order valence-electron chi connectivity index (χ2n) is 3.36. The molecule has 0 aliphatic rings. The highest BCUT2D eigenvalue weighted by atomic mass is 16.5. The third kappa shape index (κ3) is 7.46. The fraction of sp³-hybridized carbons (Fsp3) is 0.600. The Morgan fingerprint density at radius 1 is 1.47 bits per heavy atom. The highest BCUT2D eigenvalue weighted by molar-refractivity contribution is 6.20. The molecule has 0 amide bonds. The number of carbonyl (C=O) groups is 1. The molecule has 84 valence electrons. The van der Waals surface area contributed by atoms with Gasteiger partial charge in [-0.05, 0) is 20.8 Å². The normalized spacial score (nSPS) is 13.3. The minimum atomic E-state index is -0.674. The van der Waals surface area contributed by atoms with Crippen molar-refractivity contribution in [3.63, 3.8) is 0 Å². The van der Waals surface area contributed by atoms with Crippen LogP contribution in [-0.2, 0) is 14.3 Å². The van der Waals surface area contributed by atoms with Crippen molar-refractivity contribution in [2.75, 3.05) is 0 Å². The first-order chi connectivity index (χ1) is 6.95. The summed E-state index contributed by atoms with van der Waals surface area (Å²) in [6.45, 7) is 8.96. The molecule has 0 aliphatic heterocycles. The van der Waals surface area contributed by atoms with Crippen LogP contribution in [-0.4, -0.2) is 29.2 Å². The van der Waals surface area contributed by atoms with Crippen molar-refractivity contribution in [3.05, 3.63) is 17.9 Å². The lowest BCUT2D eigenvalue weighted by molar-refractivity contribution is -0.144. The number of rotatable bonds is 6. The molecule has 2 atom stereocenters. The van der Waals surface area contributed by atoms with E-state index in [1.165, 1.54) is 0 Å². The summed E-state index contributed by atoms with van der Waals surface area (Å²) in [5.74, 6) is -0.0505. The molecule has 5 nitrogen and oxygen atoms in total. The second-order valence-corrected chi connectivity index (χ2v) is 3.36. The van der Waals surface area contributed by atoms with Crippen molar-refractivity contribution in [3.8, 4) is 0 Å². The predicted octanol–water partition coefficient (Wildman–Crippen LogP) is 1.55. The molecule has 0 rings (SSSR count). The first-order valence-electron chi connectivity index (χ1n) is 4.66. The van der Waals surface area contributed by atoms with Crippen LogP contribution in [0.4, 0.5) is 0 Å². The van der Waals surface area contributed by atoms with E-state index < -0.39 is 5.97 Å². The molecule has 0 fully saturated rings. The summed E-state index contributed by atoms with van der Waals surface area (Å²) in [6, 6.07) is 0. The molecule has 0 saturated carbocycles. The van der Waals surface area contributed by atoms with Gasteiger partial charge in [0.25, 0.3) is 0 Å². The minimum absolute atomic E-state index is 0.0728. The van der Waals surface area contributed by atoms with Crippen LogP contribution in [0.3, 0.4) is 0 Å². The highest BCUT2D eigenvalue weighted by Gasteiger charge is 2.14. The van der Waals surface area contributed by atoms with E-state index >= 15 is 0 Å². The van der Waals surface area contributed by atoms with Crippen LogP contribution in [0.5, 0.6) is 0 Å². The van der Waals surface area contributed by atoms with E-state index in [1.54, 1.807) is 13.8 Å². The smallest absolute Gasteiger partial charge is 0.413 e. The molecule has 0 radical (unpaired) electrons. The molecule has 0 spiro atoms. The maximum atomic E-state index is 10.9. The standard InChI is InChI=1S/C10H16N2O3/c1-7(2)14-8(3)5-9(4)15-10(13)6-12-11/h6,8-9H,1,5H2,2-4H3/t8-,9-/m1/s1. The quantitative estimate of drug-likeness (QED) is 0.220. The Balaban J connectivity index is 3.92. The maximum absolute atomic E-state index is 10.9. The molecule has 15 heavy (non-hydrogen) atoms. The Morgan fingerprint density at radius 2 is 2.00 bits per heavy atom. The van der Waals surface area contributed by atoms with Gasteiger partial charge in [0.2, 0.25) is 0 Å². The molecule has 0 aromatic rings. The zero-order valence-electron chi connectivity index (χ0n) is 9.27. The van der Waals surface area contributed by atoms with Crippen molar-refractivity contribution in [1.29, 1.82) is 0 Å². The van der Waals surface area contributed by atoms with Gasteiger partial charge in [-0.15, -0.1) is 0 Å². The number of carbonyl (C=O) groups excluding carboxylic acids is 1. The van der Waals surface area contributed by atoms with E-state index in [0.29, 0.717) is 18.4 Å². The van der Waals surface area contributed by atoms with Crippen molar-refractivity contribution in [2.45, 2.75) is 39.4 Å². The van der Waals surface area contributed by atoms with Crippen LogP contribution >= 0.6 is 0 Å². The minimum Gasteiger partial charge on any atom is -0.496 e. The fourth-order valence-corrected chi connectivity index (χ4v) is 1.18. The highest BCUT2D eigenvalue weighted by Crippen LogP contribution is 2.08. The van der Waals surface area contributed by atoms with Crippen LogP contribution in [0.2, 0.25) is 0 Å². The molecule has 0 saturated heterocycles. The lowest BCUT2D eigenvalue weighted by atomic mass is 10.2. The first-order valence-corrected chi connectivity index (χ1v) is 4.66. The Labute approximate surface area is 89.3 Å². The Morgan fingerprint density at radius 3 is 2.47 bits per heavy atom. The van der Waals surface area contributed by atoms with Crippen molar-refractivity contribution < 1.29 is 19.1 Å². The zero-order chi connectivity index (χ0) is 11.8. The predicted molar refractivity (Wildman–Crippen MR) is 55.2 cm³/mol. The summed E-state index contributed by atoms with van der Waals surface area (Å²) < 4.78 is 10.2. The topological polar surface area (TPSA) is 71.9 Å². The van der Waals surface area contributed by atoms with Gasteiger partial charge >= 0.3 is 12.2 Å². The van der Waals surface area contributed by atoms with E-state index in [9.17, 15) is 4.79 Å². The Kier molecular flexibility index (Phi) is 6.06. The van der Waals surface area contributed by atoms with Crippen LogP contribution in [0.15, 0.2) is 12.3 Å². The van der Waals surface area contributed by atoms with Crippen molar-refractivity contribution in [2.24, 2.45) is 0 Å². The number of hydrogen-bond acceptors (Lipinski definition) is 3. The molecule has 0 unspecified atom stereocenters. The molecule has 0 aromatic carbocycles. The number of allylic oxidation sites excluding steroid dienone is 1. The van der Waals surface area contributed by atoms with Crippen LogP contribution in [0.1, 0.15) is 27.2 Å². The second kappa shape index (κ2) is 6.79. The molecule has 0 aliphatic carbocycles.